The van der Waals surface area contributed by atoms with Gasteiger partial charge in [-0.25, -0.2) is 4.79 Å². The molecule has 2 rings (SSSR count). The molecule has 2 aromatic carbocycles. The number of ketones is 1. The van der Waals surface area contributed by atoms with Crippen LogP contribution < -0.4 is 0 Å². The lowest BCUT2D eigenvalue weighted by atomic mass is 10.0. The predicted octanol–water partition coefficient (Wildman–Crippen LogP) is 4.47. The molecule has 24 heavy (non-hydrogen) atoms. The second-order valence-corrected chi connectivity index (χ2v) is 6.57. The van der Waals surface area contributed by atoms with E-state index in [9.17, 15) is 9.59 Å². The first-order valence-corrected chi connectivity index (χ1v) is 7.92. The fourth-order valence-corrected chi connectivity index (χ4v) is 2.16. The third-order valence-corrected chi connectivity index (χ3v) is 3.26. The quantitative estimate of drug-likeness (QED) is 0.463. The molecule has 0 unspecified atom stereocenters. The van der Waals surface area contributed by atoms with E-state index in [4.69, 9.17) is 4.74 Å². The predicted molar refractivity (Wildman–Crippen MR) is 95.8 cm³/mol. The maximum absolute atomic E-state index is 12.3. The fraction of sp³-hybridized carbons (Fsp3) is 0.238. The van der Waals surface area contributed by atoms with Gasteiger partial charge in [-0.05, 0) is 38.0 Å². The summed E-state index contributed by atoms with van der Waals surface area (Å²) in [5, 5.41) is 0. The highest BCUT2D eigenvalue weighted by Gasteiger charge is 2.13. The Morgan fingerprint density at radius 3 is 2.17 bits per heavy atom. The lowest BCUT2D eigenvalue weighted by molar-refractivity contribution is -0.148. The molecule has 0 bridgehead atoms. The lowest BCUT2D eigenvalue weighted by Crippen LogP contribution is -2.22. The molecule has 0 aliphatic rings. The molecular formula is C21H22O3. The number of Topliss-reactive ketones (excluding diaryl/α,β-unsaturated/α-hetero) is 1. The molecule has 3 nitrogen and oxygen atoms in total. The van der Waals surface area contributed by atoms with Crippen LogP contribution in [-0.4, -0.2) is 17.4 Å². The number of benzene rings is 2. The second-order valence-electron chi connectivity index (χ2n) is 6.57. The number of esters is 1. The van der Waals surface area contributed by atoms with Crippen LogP contribution in [0.25, 0.3) is 6.08 Å². The van der Waals surface area contributed by atoms with Gasteiger partial charge in [0.25, 0.3) is 0 Å². The number of carbonyl (C=O) groups is 2. The van der Waals surface area contributed by atoms with Crippen molar-refractivity contribution in [1.82, 2.24) is 0 Å². The molecule has 3 heteroatoms. The Bertz CT molecular complexity index is 720. The van der Waals surface area contributed by atoms with Gasteiger partial charge in [0.05, 0.1) is 0 Å². The number of hydrogen-bond acceptors (Lipinski definition) is 3. The summed E-state index contributed by atoms with van der Waals surface area (Å²) in [6.07, 6.45) is 3.46. The van der Waals surface area contributed by atoms with E-state index >= 15 is 0 Å². The monoisotopic (exact) mass is 322 g/mol. The summed E-state index contributed by atoms with van der Waals surface area (Å²) in [6.45, 7) is 5.48. The average Bonchev–Trinajstić information content (AvgIpc) is 2.53. The van der Waals surface area contributed by atoms with Gasteiger partial charge in [-0.15, -0.1) is 0 Å². The molecule has 0 heterocycles. The Morgan fingerprint density at radius 2 is 1.58 bits per heavy atom. The van der Waals surface area contributed by atoms with Crippen molar-refractivity contribution in [3.8, 4) is 0 Å². The van der Waals surface area contributed by atoms with Gasteiger partial charge in [-0.1, -0.05) is 54.6 Å². The summed E-state index contributed by atoms with van der Waals surface area (Å²) in [5.41, 5.74) is 2.00. The highest BCUT2D eigenvalue weighted by atomic mass is 16.6. The summed E-state index contributed by atoms with van der Waals surface area (Å²) in [4.78, 5) is 23.9. The summed E-state index contributed by atoms with van der Waals surface area (Å²) in [5.74, 6) is -0.310. The second kappa shape index (κ2) is 7.73. The number of hydrogen-bond donors (Lipinski definition) is 0. The van der Waals surface area contributed by atoms with Crippen molar-refractivity contribution in [2.24, 2.45) is 0 Å². The largest absolute Gasteiger partial charge is 0.457 e. The first-order valence-electron chi connectivity index (χ1n) is 7.92. The molecule has 0 N–H and O–H groups in total. The van der Waals surface area contributed by atoms with Crippen LogP contribution in [0.4, 0.5) is 0 Å². The molecule has 0 aliphatic carbocycles. The van der Waals surface area contributed by atoms with Gasteiger partial charge in [-0.3, -0.25) is 4.79 Å². The molecule has 0 saturated carbocycles. The zero-order valence-corrected chi connectivity index (χ0v) is 14.3. The molecule has 2 aromatic rings. The summed E-state index contributed by atoms with van der Waals surface area (Å²) >= 11 is 0. The van der Waals surface area contributed by atoms with Crippen molar-refractivity contribution in [3.05, 3.63) is 77.4 Å². The topological polar surface area (TPSA) is 43.4 Å². The standard InChI is InChI=1S/C21H22O3/c1-21(2,3)24-20(23)14-11-16-9-12-18(13-10-16)19(22)15-17-7-5-4-6-8-17/h4-14H,15H2,1-3H3. The van der Waals surface area contributed by atoms with Crippen molar-refractivity contribution in [1.29, 1.82) is 0 Å². The Labute approximate surface area is 143 Å². The molecule has 0 atom stereocenters. The molecule has 0 radical (unpaired) electrons. The van der Waals surface area contributed by atoms with E-state index in [0.717, 1.165) is 11.1 Å². The van der Waals surface area contributed by atoms with Crippen LogP contribution in [0, 0.1) is 0 Å². The van der Waals surface area contributed by atoms with Crippen LogP contribution in [0.2, 0.25) is 0 Å². The van der Waals surface area contributed by atoms with Crippen molar-refractivity contribution in [3.63, 3.8) is 0 Å². The normalized spacial score (nSPS) is 11.5. The van der Waals surface area contributed by atoms with Gasteiger partial charge in [0.2, 0.25) is 0 Å². The van der Waals surface area contributed by atoms with Gasteiger partial charge in [0.1, 0.15) is 5.60 Å². The maximum Gasteiger partial charge on any atom is 0.331 e. The molecule has 0 spiro atoms. The van der Waals surface area contributed by atoms with E-state index in [1.54, 1.807) is 18.2 Å². The van der Waals surface area contributed by atoms with Gasteiger partial charge in [0.15, 0.2) is 5.78 Å². The van der Waals surface area contributed by atoms with Crippen molar-refractivity contribution >= 4 is 17.8 Å². The Balaban J connectivity index is 1.97. The molecule has 0 fully saturated rings. The third-order valence-electron chi connectivity index (χ3n) is 3.26. The van der Waals surface area contributed by atoms with E-state index < -0.39 is 5.60 Å². The Morgan fingerprint density at radius 1 is 0.958 bits per heavy atom. The molecule has 0 amide bonds. The number of rotatable bonds is 5. The van der Waals surface area contributed by atoms with Crippen molar-refractivity contribution < 1.29 is 14.3 Å². The van der Waals surface area contributed by atoms with Gasteiger partial charge < -0.3 is 4.74 Å². The summed E-state index contributed by atoms with van der Waals surface area (Å²) < 4.78 is 5.21. The van der Waals surface area contributed by atoms with Crippen LogP contribution in [0.3, 0.4) is 0 Å². The highest BCUT2D eigenvalue weighted by Crippen LogP contribution is 2.12. The first-order chi connectivity index (χ1) is 11.3. The zero-order valence-electron chi connectivity index (χ0n) is 14.3. The average molecular weight is 322 g/mol. The zero-order chi connectivity index (χ0) is 17.6. The van der Waals surface area contributed by atoms with Crippen molar-refractivity contribution in [2.45, 2.75) is 32.8 Å². The molecule has 0 aliphatic heterocycles. The van der Waals surface area contributed by atoms with Crippen LogP contribution in [0.5, 0.6) is 0 Å². The van der Waals surface area contributed by atoms with E-state index in [2.05, 4.69) is 0 Å². The molecular weight excluding hydrogens is 300 g/mol. The van der Waals surface area contributed by atoms with Gasteiger partial charge in [0, 0.05) is 18.1 Å². The van der Waals surface area contributed by atoms with Gasteiger partial charge >= 0.3 is 5.97 Å². The van der Waals surface area contributed by atoms with E-state index in [0.29, 0.717) is 12.0 Å². The highest BCUT2D eigenvalue weighted by molar-refractivity contribution is 5.97. The Hall–Kier alpha value is -2.68. The van der Waals surface area contributed by atoms with Crippen LogP contribution in [0.15, 0.2) is 60.7 Å². The van der Waals surface area contributed by atoms with Crippen LogP contribution in [0.1, 0.15) is 42.3 Å². The fourth-order valence-electron chi connectivity index (χ4n) is 2.16. The van der Waals surface area contributed by atoms with Gasteiger partial charge in [-0.2, -0.15) is 0 Å². The number of ether oxygens (including phenoxy) is 1. The minimum Gasteiger partial charge on any atom is -0.457 e. The summed E-state index contributed by atoms with van der Waals surface area (Å²) in [6, 6.07) is 16.9. The Kier molecular flexibility index (Phi) is 5.69. The minimum absolute atomic E-state index is 0.0730. The maximum atomic E-state index is 12.3. The smallest absolute Gasteiger partial charge is 0.331 e. The number of carbonyl (C=O) groups excluding carboxylic acids is 2. The third kappa shape index (κ3) is 5.84. The molecule has 0 saturated heterocycles. The SMILES string of the molecule is CC(C)(C)OC(=O)C=Cc1ccc(C(=O)Cc2ccccc2)cc1. The van der Waals surface area contributed by atoms with Crippen molar-refractivity contribution in [2.75, 3.05) is 0 Å². The van der Waals surface area contributed by atoms with E-state index in [1.165, 1.54) is 6.08 Å². The molecule has 0 aromatic heterocycles. The first kappa shape index (κ1) is 17.7. The molecule has 124 valence electrons. The van der Waals surface area contributed by atoms with E-state index in [1.807, 2.05) is 63.2 Å². The van der Waals surface area contributed by atoms with Crippen LogP contribution in [-0.2, 0) is 16.0 Å². The minimum atomic E-state index is -0.505. The summed E-state index contributed by atoms with van der Waals surface area (Å²) in [7, 11) is 0. The lowest BCUT2D eigenvalue weighted by Gasteiger charge is -2.17. The van der Waals surface area contributed by atoms with Crippen LogP contribution >= 0.6 is 0 Å². The van der Waals surface area contributed by atoms with E-state index in [-0.39, 0.29) is 11.8 Å².